The minimum Gasteiger partial charge on any atom is -0.492 e. The summed E-state index contributed by atoms with van der Waals surface area (Å²) in [6.45, 7) is 1.57. The maximum absolute atomic E-state index is 14.0. The fourth-order valence-electron chi connectivity index (χ4n) is 3.81. The zero-order valence-electron chi connectivity index (χ0n) is 14.4. The van der Waals surface area contributed by atoms with Crippen LogP contribution < -0.4 is 0 Å². The molecule has 1 aliphatic rings. The molecule has 0 bridgehead atoms. The Kier molecular flexibility index (Phi) is 3.91. The van der Waals surface area contributed by atoms with Gasteiger partial charge in [0.1, 0.15) is 12.1 Å². The smallest absolute Gasteiger partial charge is 0.230 e. The number of hydrogen-bond donors (Lipinski definition) is 1. The molecule has 5 rings (SSSR count). The van der Waals surface area contributed by atoms with Gasteiger partial charge in [0.2, 0.25) is 10.8 Å². The number of halogens is 1. The monoisotopic (exact) mass is 380 g/mol. The van der Waals surface area contributed by atoms with Crippen LogP contribution in [0.2, 0.25) is 0 Å². The van der Waals surface area contributed by atoms with Crippen molar-refractivity contribution in [3.63, 3.8) is 0 Å². The summed E-state index contributed by atoms with van der Waals surface area (Å²) in [5, 5.41) is 14.8. The molecule has 0 saturated carbocycles. The van der Waals surface area contributed by atoms with E-state index in [-0.39, 0.29) is 17.7 Å². The first kappa shape index (κ1) is 16.4. The lowest BCUT2D eigenvalue weighted by Crippen LogP contribution is -2.34. The van der Waals surface area contributed by atoms with Gasteiger partial charge in [0.15, 0.2) is 0 Å². The van der Waals surface area contributed by atoms with Crippen LogP contribution in [0.1, 0.15) is 27.6 Å². The van der Waals surface area contributed by atoms with Crippen LogP contribution in [0.3, 0.4) is 0 Å². The van der Waals surface area contributed by atoms with Crippen molar-refractivity contribution in [3.8, 4) is 5.88 Å². The fourth-order valence-corrected chi connectivity index (χ4v) is 4.91. The van der Waals surface area contributed by atoms with E-state index in [2.05, 4.69) is 33.2 Å². The van der Waals surface area contributed by atoms with E-state index < -0.39 is 0 Å². The highest BCUT2D eigenvalue weighted by Crippen LogP contribution is 2.41. The number of thiazole rings is 1. The highest BCUT2D eigenvalue weighted by atomic mass is 32.1. The summed E-state index contributed by atoms with van der Waals surface area (Å²) in [5.74, 6) is -0.213. The van der Waals surface area contributed by atoms with E-state index in [1.54, 1.807) is 12.1 Å². The standard InChI is InChI=1S/C20H17FN4OS/c21-16-7-3-6-14(10-16)17(18-19(26)25-20(27-18)22-12-23-25)24-9-8-13-4-1-2-5-15(13)11-24/h1-7,10,12,17,26H,8-9,11H2/t17-/m1/s1. The Labute approximate surface area is 159 Å². The zero-order valence-corrected chi connectivity index (χ0v) is 15.2. The van der Waals surface area contributed by atoms with E-state index in [0.717, 1.165) is 30.0 Å². The number of nitrogens with zero attached hydrogens (tertiary/aromatic N) is 4. The van der Waals surface area contributed by atoms with Gasteiger partial charge in [-0.05, 0) is 35.2 Å². The molecule has 1 N–H and O–H groups in total. The molecule has 0 spiro atoms. The topological polar surface area (TPSA) is 53.7 Å². The van der Waals surface area contributed by atoms with Crippen molar-refractivity contribution in [2.45, 2.75) is 19.0 Å². The SMILES string of the molecule is Oc1c([C@@H](c2cccc(F)c2)N2CCc3ccccc3C2)sc2ncnn12. The lowest BCUT2D eigenvalue weighted by molar-refractivity contribution is 0.205. The van der Waals surface area contributed by atoms with Crippen molar-refractivity contribution in [1.82, 2.24) is 19.5 Å². The molecule has 0 saturated heterocycles. The van der Waals surface area contributed by atoms with Crippen molar-refractivity contribution < 1.29 is 9.50 Å². The molecule has 1 aliphatic heterocycles. The summed E-state index contributed by atoms with van der Waals surface area (Å²) in [5.41, 5.74) is 3.43. The number of fused-ring (bicyclic) bond motifs is 2. The molecule has 27 heavy (non-hydrogen) atoms. The van der Waals surface area contributed by atoms with Crippen LogP contribution in [0, 0.1) is 5.82 Å². The molecule has 4 aromatic rings. The molecule has 0 fully saturated rings. The van der Waals surface area contributed by atoms with E-state index in [1.807, 2.05) is 12.1 Å². The molecule has 2 aromatic carbocycles. The van der Waals surface area contributed by atoms with Gasteiger partial charge in [-0.3, -0.25) is 4.90 Å². The van der Waals surface area contributed by atoms with Crippen LogP contribution in [0.5, 0.6) is 5.88 Å². The van der Waals surface area contributed by atoms with E-state index in [9.17, 15) is 9.50 Å². The van der Waals surface area contributed by atoms with Gasteiger partial charge in [-0.25, -0.2) is 9.37 Å². The summed E-state index contributed by atoms with van der Waals surface area (Å²) in [6.07, 6.45) is 2.34. The normalized spacial score (nSPS) is 15.7. The maximum Gasteiger partial charge on any atom is 0.230 e. The molecule has 136 valence electrons. The van der Waals surface area contributed by atoms with Gasteiger partial charge in [-0.1, -0.05) is 47.7 Å². The second-order valence-corrected chi connectivity index (χ2v) is 7.70. The second kappa shape index (κ2) is 6.44. The van der Waals surface area contributed by atoms with Gasteiger partial charge < -0.3 is 5.11 Å². The van der Waals surface area contributed by atoms with Gasteiger partial charge in [0, 0.05) is 13.1 Å². The van der Waals surface area contributed by atoms with Crippen molar-refractivity contribution in [2.75, 3.05) is 6.54 Å². The van der Waals surface area contributed by atoms with Gasteiger partial charge >= 0.3 is 0 Å². The Morgan fingerprint density at radius 3 is 2.78 bits per heavy atom. The third-order valence-electron chi connectivity index (χ3n) is 5.08. The molecule has 2 aromatic heterocycles. The highest BCUT2D eigenvalue weighted by Gasteiger charge is 2.31. The number of hydrogen-bond acceptors (Lipinski definition) is 5. The van der Waals surface area contributed by atoms with Crippen molar-refractivity contribution >= 4 is 16.3 Å². The summed E-state index contributed by atoms with van der Waals surface area (Å²) in [4.78, 5) is 7.83. The van der Waals surface area contributed by atoms with Gasteiger partial charge in [-0.2, -0.15) is 9.61 Å². The fraction of sp³-hybridized carbons (Fsp3) is 0.200. The summed E-state index contributed by atoms with van der Waals surface area (Å²) in [6, 6.07) is 14.7. The number of rotatable bonds is 3. The lowest BCUT2D eigenvalue weighted by Gasteiger charge is -2.35. The third kappa shape index (κ3) is 2.79. The lowest BCUT2D eigenvalue weighted by atomic mass is 9.95. The molecule has 0 aliphatic carbocycles. The van der Waals surface area contributed by atoms with Gasteiger partial charge in [0.05, 0.1) is 10.9 Å². The Morgan fingerprint density at radius 1 is 1.11 bits per heavy atom. The molecule has 7 heteroatoms. The minimum absolute atomic E-state index is 0.0700. The molecule has 1 atom stereocenters. The average Bonchev–Trinajstić information content (AvgIpc) is 3.26. The van der Waals surface area contributed by atoms with Gasteiger partial charge in [-0.15, -0.1) is 0 Å². The quantitative estimate of drug-likeness (QED) is 0.588. The van der Waals surface area contributed by atoms with Gasteiger partial charge in [0.25, 0.3) is 0 Å². The Morgan fingerprint density at radius 2 is 1.96 bits per heavy atom. The predicted molar refractivity (Wildman–Crippen MR) is 101 cm³/mol. The highest BCUT2D eigenvalue weighted by molar-refractivity contribution is 7.17. The largest absolute Gasteiger partial charge is 0.492 e. The second-order valence-electron chi connectivity index (χ2n) is 6.69. The van der Waals surface area contributed by atoms with Crippen molar-refractivity contribution in [2.24, 2.45) is 0 Å². The van der Waals surface area contributed by atoms with Crippen LogP contribution in [0.4, 0.5) is 4.39 Å². The minimum atomic E-state index is -0.283. The molecular weight excluding hydrogens is 363 g/mol. The van der Waals surface area contributed by atoms with E-state index >= 15 is 0 Å². The zero-order chi connectivity index (χ0) is 18.4. The Bertz CT molecular complexity index is 1120. The number of aromatic nitrogens is 3. The molecule has 0 radical (unpaired) electrons. The summed E-state index contributed by atoms with van der Waals surface area (Å²) in [7, 11) is 0. The van der Waals surface area contributed by atoms with E-state index in [1.165, 1.54) is 39.4 Å². The molecule has 0 unspecified atom stereocenters. The van der Waals surface area contributed by atoms with Crippen LogP contribution in [0.15, 0.2) is 54.9 Å². The van der Waals surface area contributed by atoms with Crippen LogP contribution in [-0.4, -0.2) is 31.1 Å². The first-order chi connectivity index (χ1) is 13.2. The van der Waals surface area contributed by atoms with Crippen molar-refractivity contribution in [1.29, 1.82) is 0 Å². The average molecular weight is 380 g/mol. The van der Waals surface area contributed by atoms with E-state index in [4.69, 9.17) is 0 Å². The van der Waals surface area contributed by atoms with Crippen LogP contribution in [-0.2, 0) is 13.0 Å². The molecule has 5 nitrogen and oxygen atoms in total. The first-order valence-corrected chi connectivity index (χ1v) is 9.60. The Hall–Kier alpha value is -2.77. The van der Waals surface area contributed by atoms with Crippen LogP contribution >= 0.6 is 11.3 Å². The molecule has 0 amide bonds. The molecular formula is C20H17FN4OS. The predicted octanol–water partition coefficient (Wildman–Crippen LogP) is 3.78. The third-order valence-corrected chi connectivity index (χ3v) is 6.16. The van der Waals surface area contributed by atoms with E-state index in [0.29, 0.717) is 4.96 Å². The number of aromatic hydroxyl groups is 1. The van der Waals surface area contributed by atoms with Crippen LogP contribution in [0.25, 0.3) is 4.96 Å². The number of benzene rings is 2. The first-order valence-electron chi connectivity index (χ1n) is 8.78. The summed E-state index contributed by atoms with van der Waals surface area (Å²) < 4.78 is 15.4. The molecule has 3 heterocycles. The Balaban J connectivity index is 1.63. The maximum atomic E-state index is 14.0. The van der Waals surface area contributed by atoms with Crippen molar-refractivity contribution in [3.05, 3.63) is 82.2 Å². The summed E-state index contributed by atoms with van der Waals surface area (Å²) >= 11 is 1.39.